The van der Waals surface area contributed by atoms with Gasteiger partial charge in [0.1, 0.15) is 11.6 Å². The summed E-state index contributed by atoms with van der Waals surface area (Å²) in [6, 6.07) is 6.76. The van der Waals surface area contributed by atoms with Crippen molar-refractivity contribution in [3.8, 4) is 0 Å². The van der Waals surface area contributed by atoms with E-state index >= 15 is 0 Å². The Morgan fingerprint density at radius 1 is 1.50 bits per heavy atom. The van der Waals surface area contributed by atoms with Crippen LogP contribution in [-0.4, -0.2) is 24.6 Å². The molecule has 0 spiro atoms. The molecule has 1 aromatic rings. The van der Waals surface area contributed by atoms with Crippen LogP contribution in [0.3, 0.4) is 0 Å². The Hall–Kier alpha value is -1.25. The first kappa shape index (κ1) is 9.31. The van der Waals surface area contributed by atoms with Gasteiger partial charge in [0.15, 0.2) is 0 Å². The van der Waals surface area contributed by atoms with Gasteiger partial charge in [-0.2, -0.15) is 0 Å². The molecule has 0 radical (unpaired) electrons. The summed E-state index contributed by atoms with van der Waals surface area (Å²) in [7, 11) is 1.90. The molecule has 1 aromatic heterocycles. The molecule has 1 aliphatic heterocycles. The van der Waals surface area contributed by atoms with Crippen LogP contribution in [0, 0.1) is 0 Å². The molecule has 0 amide bonds. The van der Waals surface area contributed by atoms with Gasteiger partial charge in [-0.25, -0.2) is 4.98 Å². The molecule has 1 atom stereocenters. The zero-order valence-electron chi connectivity index (χ0n) is 8.83. The highest BCUT2D eigenvalue weighted by molar-refractivity contribution is 5.48. The molecular formula is C11H17N3. The van der Waals surface area contributed by atoms with Crippen LogP contribution < -0.4 is 10.2 Å². The molecule has 14 heavy (non-hydrogen) atoms. The van der Waals surface area contributed by atoms with Crippen molar-refractivity contribution < 1.29 is 0 Å². The van der Waals surface area contributed by atoms with Gasteiger partial charge in [-0.15, -0.1) is 0 Å². The second-order valence-corrected chi connectivity index (χ2v) is 3.82. The van der Waals surface area contributed by atoms with Gasteiger partial charge in [0, 0.05) is 19.6 Å². The molecule has 1 saturated heterocycles. The SMILES string of the molecule is CNc1cccc(N2CCCC2C)n1. The van der Waals surface area contributed by atoms with E-state index in [1.54, 1.807) is 0 Å². The van der Waals surface area contributed by atoms with Crippen molar-refractivity contribution in [2.45, 2.75) is 25.8 Å². The first-order chi connectivity index (χ1) is 6.81. The zero-order chi connectivity index (χ0) is 9.97. The van der Waals surface area contributed by atoms with Crippen molar-refractivity contribution in [2.75, 3.05) is 23.8 Å². The summed E-state index contributed by atoms with van der Waals surface area (Å²) in [6.45, 7) is 3.40. The van der Waals surface area contributed by atoms with Crippen LogP contribution in [0.4, 0.5) is 11.6 Å². The van der Waals surface area contributed by atoms with Crippen molar-refractivity contribution in [1.29, 1.82) is 0 Å². The normalized spacial score (nSPS) is 21.3. The number of aromatic nitrogens is 1. The third-order valence-electron chi connectivity index (χ3n) is 2.84. The van der Waals surface area contributed by atoms with Gasteiger partial charge in [-0.3, -0.25) is 0 Å². The van der Waals surface area contributed by atoms with Crippen LogP contribution in [0.1, 0.15) is 19.8 Å². The quantitative estimate of drug-likeness (QED) is 0.776. The Morgan fingerprint density at radius 3 is 3.00 bits per heavy atom. The van der Waals surface area contributed by atoms with E-state index in [0.717, 1.165) is 18.2 Å². The van der Waals surface area contributed by atoms with Crippen molar-refractivity contribution in [1.82, 2.24) is 4.98 Å². The maximum atomic E-state index is 4.54. The van der Waals surface area contributed by atoms with Crippen LogP contribution >= 0.6 is 0 Å². The molecule has 0 aliphatic carbocycles. The van der Waals surface area contributed by atoms with Crippen molar-refractivity contribution >= 4 is 11.6 Å². The lowest BCUT2D eigenvalue weighted by molar-refractivity contribution is 0.727. The largest absolute Gasteiger partial charge is 0.373 e. The number of pyridine rings is 1. The summed E-state index contributed by atoms with van der Waals surface area (Å²) in [5.74, 6) is 2.04. The number of rotatable bonds is 2. The molecule has 3 nitrogen and oxygen atoms in total. The number of anilines is 2. The molecule has 76 valence electrons. The Kier molecular flexibility index (Phi) is 2.57. The topological polar surface area (TPSA) is 28.2 Å². The fourth-order valence-electron chi connectivity index (χ4n) is 2.00. The second-order valence-electron chi connectivity index (χ2n) is 3.82. The van der Waals surface area contributed by atoms with Crippen molar-refractivity contribution in [3.63, 3.8) is 0 Å². The molecular weight excluding hydrogens is 174 g/mol. The van der Waals surface area contributed by atoms with Crippen LogP contribution in [0.15, 0.2) is 18.2 Å². The highest BCUT2D eigenvalue weighted by Gasteiger charge is 2.21. The lowest BCUT2D eigenvalue weighted by Crippen LogP contribution is -2.27. The highest BCUT2D eigenvalue weighted by Crippen LogP contribution is 2.24. The van der Waals surface area contributed by atoms with Gasteiger partial charge in [0.25, 0.3) is 0 Å². The lowest BCUT2D eigenvalue weighted by Gasteiger charge is -2.22. The standard InChI is InChI=1S/C11H17N3/c1-9-5-4-8-14(9)11-7-3-6-10(12-2)13-11/h3,6-7,9H,4-5,8H2,1-2H3,(H,12,13). The van der Waals surface area contributed by atoms with E-state index in [4.69, 9.17) is 0 Å². The molecule has 1 aliphatic rings. The zero-order valence-corrected chi connectivity index (χ0v) is 8.83. The third-order valence-corrected chi connectivity index (χ3v) is 2.84. The van der Waals surface area contributed by atoms with Gasteiger partial charge in [0.2, 0.25) is 0 Å². The summed E-state index contributed by atoms with van der Waals surface area (Å²) < 4.78 is 0. The Morgan fingerprint density at radius 2 is 2.36 bits per heavy atom. The maximum absolute atomic E-state index is 4.54. The molecule has 0 bridgehead atoms. The van der Waals surface area contributed by atoms with Crippen molar-refractivity contribution in [2.24, 2.45) is 0 Å². The van der Waals surface area contributed by atoms with Gasteiger partial charge in [0.05, 0.1) is 0 Å². The van der Waals surface area contributed by atoms with Crippen LogP contribution in [0.2, 0.25) is 0 Å². The Labute approximate surface area is 85.1 Å². The smallest absolute Gasteiger partial charge is 0.131 e. The van der Waals surface area contributed by atoms with Gasteiger partial charge in [-0.05, 0) is 31.9 Å². The Bertz CT molecular complexity index is 311. The number of nitrogens with zero attached hydrogens (tertiary/aromatic N) is 2. The van der Waals surface area contributed by atoms with E-state index in [2.05, 4.69) is 34.3 Å². The summed E-state index contributed by atoms with van der Waals surface area (Å²) in [5.41, 5.74) is 0. The molecule has 0 aromatic carbocycles. The summed E-state index contributed by atoms with van der Waals surface area (Å²) >= 11 is 0. The Balaban J connectivity index is 2.22. The van der Waals surface area contributed by atoms with E-state index in [1.165, 1.54) is 12.8 Å². The monoisotopic (exact) mass is 191 g/mol. The highest BCUT2D eigenvalue weighted by atomic mass is 15.2. The van der Waals surface area contributed by atoms with Crippen molar-refractivity contribution in [3.05, 3.63) is 18.2 Å². The minimum absolute atomic E-state index is 0.634. The molecule has 2 heterocycles. The molecule has 1 unspecified atom stereocenters. The predicted molar refractivity (Wildman–Crippen MR) is 59.8 cm³/mol. The van der Waals surface area contributed by atoms with Gasteiger partial charge < -0.3 is 10.2 Å². The first-order valence-corrected chi connectivity index (χ1v) is 5.22. The number of nitrogens with one attached hydrogen (secondary N) is 1. The molecule has 3 heteroatoms. The van der Waals surface area contributed by atoms with Crippen LogP contribution in [0.25, 0.3) is 0 Å². The van der Waals surface area contributed by atoms with E-state index < -0.39 is 0 Å². The molecule has 0 saturated carbocycles. The fourth-order valence-corrected chi connectivity index (χ4v) is 2.00. The minimum atomic E-state index is 0.634. The van der Waals surface area contributed by atoms with Gasteiger partial charge >= 0.3 is 0 Å². The summed E-state index contributed by atoms with van der Waals surface area (Å²) in [4.78, 5) is 6.91. The number of hydrogen-bond donors (Lipinski definition) is 1. The van der Waals surface area contributed by atoms with Gasteiger partial charge in [-0.1, -0.05) is 6.07 Å². The maximum Gasteiger partial charge on any atom is 0.131 e. The molecule has 1 N–H and O–H groups in total. The molecule has 1 fully saturated rings. The lowest BCUT2D eigenvalue weighted by atomic mass is 10.2. The average molecular weight is 191 g/mol. The predicted octanol–water partition coefficient (Wildman–Crippen LogP) is 2.11. The van der Waals surface area contributed by atoms with Crippen LogP contribution in [-0.2, 0) is 0 Å². The van der Waals surface area contributed by atoms with Crippen LogP contribution in [0.5, 0.6) is 0 Å². The first-order valence-electron chi connectivity index (χ1n) is 5.22. The number of hydrogen-bond acceptors (Lipinski definition) is 3. The second kappa shape index (κ2) is 3.86. The third kappa shape index (κ3) is 1.67. The van der Waals surface area contributed by atoms with E-state index in [9.17, 15) is 0 Å². The fraction of sp³-hybridized carbons (Fsp3) is 0.545. The van der Waals surface area contributed by atoms with E-state index in [1.807, 2.05) is 13.1 Å². The average Bonchev–Trinajstić information content (AvgIpc) is 2.65. The summed E-state index contributed by atoms with van der Waals surface area (Å²) in [6.07, 6.45) is 2.57. The van der Waals surface area contributed by atoms with E-state index in [-0.39, 0.29) is 0 Å². The summed E-state index contributed by atoms with van der Waals surface area (Å²) in [5, 5.41) is 3.07. The minimum Gasteiger partial charge on any atom is -0.373 e. The van der Waals surface area contributed by atoms with E-state index in [0.29, 0.717) is 6.04 Å². The molecule has 2 rings (SSSR count).